The molecule has 1 atom stereocenters. The SMILES string of the molecule is Cc1ccc(C2(c3ccccc3)c3cc(N(c4ccccc4)c4ccccc4)ccc3-c3c2cc(N(c2ccccc2)c2ccccc2)c2ccccc32)cc1. The molecule has 0 aromatic heterocycles. The number of para-hydroxylation sites is 4. The van der Waals surface area contributed by atoms with E-state index in [4.69, 9.17) is 0 Å². The molecule has 2 heteroatoms. The molecule has 0 spiro atoms. The Bertz CT molecular complexity index is 2700. The van der Waals surface area contributed by atoms with Crippen molar-refractivity contribution in [1.29, 1.82) is 0 Å². The van der Waals surface area contributed by atoms with Gasteiger partial charge in [-0.25, -0.2) is 0 Å². The Balaban J connectivity index is 1.34. The van der Waals surface area contributed by atoms with Crippen LogP contribution in [-0.4, -0.2) is 0 Å². The summed E-state index contributed by atoms with van der Waals surface area (Å²) in [5, 5.41) is 2.44. The normalized spacial score (nSPS) is 14.2. The second kappa shape index (κ2) is 13.9. The van der Waals surface area contributed by atoms with E-state index in [1.54, 1.807) is 0 Å². The van der Waals surface area contributed by atoms with Crippen LogP contribution in [0.15, 0.2) is 224 Å². The molecule has 1 aliphatic rings. The summed E-state index contributed by atoms with van der Waals surface area (Å²) < 4.78 is 0. The largest absolute Gasteiger partial charge is 0.310 e. The van der Waals surface area contributed by atoms with Crippen LogP contribution in [0.3, 0.4) is 0 Å². The van der Waals surface area contributed by atoms with E-state index in [2.05, 4.69) is 241 Å². The molecule has 9 aromatic rings. The summed E-state index contributed by atoms with van der Waals surface area (Å²) in [5.41, 5.74) is 14.9. The Morgan fingerprint density at radius 2 is 0.786 bits per heavy atom. The third-order valence-electron chi connectivity index (χ3n) is 11.4. The van der Waals surface area contributed by atoms with E-state index in [1.807, 2.05) is 0 Å². The zero-order valence-electron chi connectivity index (χ0n) is 31.3. The van der Waals surface area contributed by atoms with Gasteiger partial charge in [-0.15, -0.1) is 0 Å². The van der Waals surface area contributed by atoms with Crippen molar-refractivity contribution in [3.05, 3.63) is 252 Å². The van der Waals surface area contributed by atoms with Crippen molar-refractivity contribution in [2.75, 3.05) is 9.80 Å². The molecular formula is C54H40N2. The van der Waals surface area contributed by atoms with Gasteiger partial charge in [0.2, 0.25) is 0 Å². The summed E-state index contributed by atoms with van der Waals surface area (Å²) in [7, 11) is 0. The highest BCUT2D eigenvalue weighted by Crippen LogP contribution is 2.60. The zero-order chi connectivity index (χ0) is 37.5. The van der Waals surface area contributed by atoms with E-state index in [9.17, 15) is 0 Å². The van der Waals surface area contributed by atoms with E-state index >= 15 is 0 Å². The van der Waals surface area contributed by atoms with Crippen LogP contribution >= 0.6 is 0 Å². The second-order valence-corrected chi connectivity index (χ2v) is 14.6. The average Bonchev–Trinajstić information content (AvgIpc) is 3.56. The minimum atomic E-state index is -0.632. The van der Waals surface area contributed by atoms with E-state index in [1.165, 1.54) is 49.7 Å². The highest BCUT2D eigenvalue weighted by atomic mass is 15.1. The van der Waals surface area contributed by atoms with E-state index in [-0.39, 0.29) is 0 Å². The first-order valence-corrected chi connectivity index (χ1v) is 19.4. The molecule has 1 aliphatic carbocycles. The van der Waals surface area contributed by atoms with Crippen molar-refractivity contribution < 1.29 is 0 Å². The summed E-state index contributed by atoms with van der Waals surface area (Å²) in [6, 6.07) is 82.0. The van der Waals surface area contributed by atoms with Gasteiger partial charge in [0.05, 0.1) is 11.1 Å². The first kappa shape index (κ1) is 33.4. The van der Waals surface area contributed by atoms with Crippen molar-refractivity contribution in [2.45, 2.75) is 12.3 Å². The molecule has 0 bridgehead atoms. The number of anilines is 6. The predicted octanol–water partition coefficient (Wildman–Crippen LogP) is 14.5. The Hall–Kier alpha value is -7.16. The first-order chi connectivity index (χ1) is 27.7. The average molecular weight is 717 g/mol. The molecule has 0 fully saturated rings. The third-order valence-corrected chi connectivity index (χ3v) is 11.4. The number of hydrogen-bond donors (Lipinski definition) is 0. The lowest BCUT2D eigenvalue weighted by Crippen LogP contribution is -2.29. The number of fused-ring (bicyclic) bond motifs is 5. The van der Waals surface area contributed by atoms with Gasteiger partial charge in [-0.2, -0.15) is 0 Å². The van der Waals surface area contributed by atoms with Gasteiger partial charge < -0.3 is 9.80 Å². The van der Waals surface area contributed by atoms with Crippen molar-refractivity contribution >= 4 is 44.9 Å². The highest BCUT2D eigenvalue weighted by molar-refractivity contribution is 6.11. The van der Waals surface area contributed by atoms with Gasteiger partial charge in [-0.1, -0.05) is 163 Å². The molecule has 0 amide bonds. The number of rotatable bonds is 8. The maximum atomic E-state index is 2.50. The topological polar surface area (TPSA) is 6.48 Å². The smallest absolute Gasteiger partial charge is 0.0715 e. The van der Waals surface area contributed by atoms with Crippen LogP contribution in [-0.2, 0) is 5.41 Å². The lowest BCUT2D eigenvalue weighted by atomic mass is 9.67. The monoisotopic (exact) mass is 716 g/mol. The molecule has 2 nitrogen and oxygen atoms in total. The van der Waals surface area contributed by atoms with Crippen molar-refractivity contribution in [3.8, 4) is 11.1 Å². The molecule has 0 N–H and O–H groups in total. The van der Waals surface area contributed by atoms with Crippen LogP contribution in [0.1, 0.15) is 27.8 Å². The zero-order valence-corrected chi connectivity index (χ0v) is 31.3. The summed E-state index contributed by atoms with van der Waals surface area (Å²) in [6.07, 6.45) is 0. The Morgan fingerprint density at radius 1 is 0.339 bits per heavy atom. The molecule has 0 radical (unpaired) electrons. The van der Waals surface area contributed by atoms with Crippen molar-refractivity contribution in [2.24, 2.45) is 0 Å². The molecule has 0 saturated carbocycles. The molecular weight excluding hydrogens is 677 g/mol. The number of nitrogens with zero attached hydrogens (tertiary/aromatic N) is 2. The maximum Gasteiger partial charge on any atom is 0.0715 e. The van der Waals surface area contributed by atoms with Crippen LogP contribution in [0.25, 0.3) is 21.9 Å². The fraction of sp³-hybridized carbons (Fsp3) is 0.0370. The number of hydrogen-bond acceptors (Lipinski definition) is 2. The van der Waals surface area contributed by atoms with Crippen LogP contribution in [0.4, 0.5) is 34.1 Å². The minimum absolute atomic E-state index is 0.632. The van der Waals surface area contributed by atoms with Crippen molar-refractivity contribution in [3.63, 3.8) is 0 Å². The van der Waals surface area contributed by atoms with Gasteiger partial charge >= 0.3 is 0 Å². The van der Waals surface area contributed by atoms with E-state index in [0.29, 0.717) is 0 Å². The van der Waals surface area contributed by atoms with Gasteiger partial charge in [-0.05, 0) is 112 Å². The molecule has 0 heterocycles. The summed E-state index contributed by atoms with van der Waals surface area (Å²) in [4.78, 5) is 4.80. The van der Waals surface area contributed by atoms with E-state index < -0.39 is 5.41 Å². The van der Waals surface area contributed by atoms with Gasteiger partial charge in [0.25, 0.3) is 0 Å². The van der Waals surface area contributed by atoms with Crippen LogP contribution in [0.5, 0.6) is 0 Å². The Labute approximate surface area is 329 Å². The number of aryl methyl sites for hydroxylation is 1. The Morgan fingerprint density at radius 3 is 1.32 bits per heavy atom. The molecule has 0 saturated heterocycles. The van der Waals surface area contributed by atoms with Crippen LogP contribution < -0.4 is 9.80 Å². The lowest BCUT2D eigenvalue weighted by molar-refractivity contribution is 0.768. The summed E-state index contributed by atoms with van der Waals surface area (Å²) in [5.74, 6) is 0. The molecule has 10 rings (SSSR count). The third kappa shape index (κ3) is 5.41. The molecule has 56 heavy (non-hydrogen) atoms. The predicted molar refractivity (Wildman–Crippen MR) is 235 cm³/mol. The molecule has 1 unspecified atom stereocenters. The van der Waals surface area contributed by atoms with Crippen molar-refractivity contribution in [1.82, 2.24) is 0 Å². The summed E-state index contributed by atoms with van der Waals surface area (Å²) in [6.45, 7) is 2.18. The molecule has 9 aromatic carbocycles. The number of benzene rings is 9. The molecule has 0 aliphatic heterocycles. The molecule has 266 valence electrons. The first-order valence-electron chi connectivity index (χ1n) is 19.4. The maximum absolute atomic E-state index is 2.50. The van der Waals surface area contributed by atoms with Gasteiger partial charge in [-0.3, -0.25) is 0 Å². The van der Waals surface area contributed by atoms with Gasteiger partial charge in [0.15, 0.2) is 0 Å². The van der Waals surface area contributed by atoms with Crippen LogP contribution in [0.2, 0.25) is 0 Å². The standard InChI is InChI=1S/C54H40N2/c1-39-31-33-41(34-32-39)54(40-19-7-2-8-20-40)50-37-46(55(42-21-9-3-10-22-42)43-23-11-4-12-24-43)35-36-49(50)53-48-30-18-17-29-47(48)52(38-51(53)54)56(44-25-13-5-14-26-44)45-27-15-6-16-28-45/h2-38H,1H3. The summed E-state index contributed by atoms with van der Waals surface area (Å²) >= 11 is 0. The fourth-order valence-electron chi connectivity index (χ4n) is 8.93. The highest BCUT2D eigenvalue weighted by Gasteiger charge is 2.48. The van der Waals surface area contributed by atoms with E-state index in [0.717, 1.165) is 34.1 Å². The Kier molecular flexibility index (Phi) is 8.30. The van der Waals surface area contributed by atoms with Gasteiger partial charge in [0.1, 0.15) is 0 Å². The fourth-order valence-corrected chi connectivity index (χ4v) is 8.93. The quantitative estimate of drug-likeness (QED) is 0.154. The van der Waals surface area contributed by atoms with Crippen LogP contribution in [0, 0.1) is 6.92 Å². The second-order valence-electron chi connectivity index (χ2n) is 14.6. The minimum Gasteiger partial charge on any atom is -0.310 e. The lowest BCUT2D eigenvalue weighted by Gasteiger charge is -2.36. The van der Waals surface area contributed by atoms with Gasteiger partial charge in [0, 0.05) is 33.8 Å².